The van der Waals surface area contributed by atoms with E-state index < -0.39 is 6.03 Å². The van der Waals surface area contributed by atoms with Crippen LogP contribution in [-0.4, -0.2) is 18.0 Å². The van der Waals surface area contributed by atoms with Crippen LogP contribution in [0.25, 0.3) is 0 Å². The Labute approximate surface area is 146 Å². The van der Waals surface area contributed by atoms with Crippen LogP contribution < -0.4 is 16.0 Å². The lowest BCUT2D eigenvalue weighted by Crippen LogP contribution is -2.32. The topological polar surface area (TPSA) is 70.2 Å². The Balaban J connectivity index is 1.99. The Morgan fingerprint density at radius 2 is 1.71 bits per heavy atom. The second-order valence-electron chi connectivity index (χ2n) is 5.45. The number of anilines is 2. The van der Waals surface area contributed by atoms with Gasteiger partial charge in [0.05, 0.1) is 0 Å². The minimum absolute atomic E-state index is 0.0994. The van der Waals surface area contributed by atoms with Crippen molar-refractivity contribution in [2.45, 2.75) is 26.3 Å². The average molecular weight is 346 g/mol. The van der Waals surface area contributed by atoms with E-state index in [0.717, 1.165) is 6.42 Å². The van der Waals surface area contributed by atoms with Gasteiger partial charge < -0.3 is 16.0 Å². The maximum Gasteiger partial charge on any atom is 0.323 e. The highest BCUT2D eigenvalue weighted by molar-refractivity contribution is 6.30. The zero-order valence-corrected chi connectivity index (χ0v) is 14.4. The van der Waals surface area contributed by atoms with Crippen LogP contribution in [0.3, 0.4) is 0 Å². The molecule has 0 saturated carbocycles. The molecule has 0 radical (unpaired) electrons. The van der Waals surface area contributed by atoms with Crippen molar-refractivity contribution >= 4 is 34.9 Å². The fourth-order valence-electron chi connectivity index (χ4n) is 1.97. The fraction of sp³-hybridized carbons (Fsp3) is 0.222. The fourth-order valence-corrected chi connectivity index (χ4v) is 2.10. The average Bonchev–Trinajstić information content (AvgIpc) is 2.57. The van der Waals surface area contributed by atoms with E-state index >= 15 is 0 Å². The van der Waals surface area contributed by atoms with Gasteiger partial charge in [-0.15, -0.1) is 0 Å². The summed E-state index contributed by atoms with van der Waals surface area (Å²) in [5.41, 5.74) is 1.67. The summed E-state index contributed by atoms with van der Waals surface area (Å²) < 4.78 is 0. The van der Waals surface area contributed by atoms with E-state index in [1.165, 1.54) is 0 Å². The molecule has 0 spiro atoms. The van der Waals surface area contributed by atoms with Crippen LogP contribution in [0.2, 0.25) is 5.02 Å². The monoisotopic (exact) mass is 345 g/mol. The molecule has 1 atom stereocenters. The minimum Gasteiger partial charge on any atom is -0.350 e. The highest BCUT2D eigenvalue weighted by Gasteiger charge is 2.10. The van der Waals surface area contributed by atoms with E-state index in [9.17, 15) is 9.59 Å². The first-order chi connectivity index (χ1) is 11.5. The summed E-state index contributed by atoms with van der Waals surface area (Å²) >= 11 is 5.81. The Bertz CT molecular complexity index is 716. The molecule has 3 N–H and O–H groups in total. The van der Waals surface area contributed by atoms with Crippen LogP contribution in [0.5, 0.6) is 0 Å². The van der Waals surface area contributed by atoms with Gasteiger partial charge in [-0.3, -0.25) is 4.79 Å². The van der Waals surface area contributed by atoms with Gasteiger partial charge in [-0.1, -0.05) is 24.6 Å². The van der Waals surface area contributed by atoms with E-state index in [1.54, 1.807) is 48.5 Å². The number of nitrogens with one attached hydrogen (secondary N) is 3. The summed E-state index contributed by atoms with van der Waals surface area (Å²) in [7, 11) is 0. The summed E-state index contributed by atoms with van der Waals surface area (Å²) in [4.78, 5) is 24.1. The number of carbonyl (C=O) groups excluding carboxylic acids is 2. The van der Waals surface area contributed by atoms with Crippen molar-refractivity contribution in [3.63, 3.8) is 0 Å². The van der Waals surface area contributed by atoms with Crippen molar-refractivity contribution in [1.82, 2.24) is 5.32 Å². The molecule has 24 heavy (non-hydrogen) atoms. The summed E-state index contributed by atoms with van der Waals surface area (Å²) in [5, 5.41) is 8.89. The molecule has 0 bridgehead atoms. The van der Waals surface area contributed by atoms with Crippen molar-refractivity contribution < 1.29 is 9.59 Å². The smallest absolute Gasteiger partial charge is 0.323 e. The standard InChI is InChI=1S/C18H20ClN3O2/c1-3-12(2)20-17(23)13-5-4-6-16(11-13)22-18(24)21-15-9-7-14(19)8-10-15/h4-12H,3H2,1-2H3,(H,20,23)(H2,21,22,24)/t12-/m1/s1. The Kier molecular flexibility index (Phi) is 6.21. The normalized spacial score (nSPS) is 11.5. The second kappa shape index (κ2) is 8.36. The van der Waals surface area contributed by atoms with E-state index in [4.69, 9.17) is 11.6 Å². The zero-order valence-electron chi connectivity index (χ0n) is 13.6. The molecule has 0 saturated heterocycles. The number of carbonyl (C=O) groups is 2. The van der Waals surface area contributed by atoms with E-state index in [0.29, 0.717) is 22.0 Å². The lowest BCUT2D eigenvalue weighted by Gasteiger charge is -2.12. The van der Waals surface area contributed by atoms with Gasteiger partial charge in [-0.25, -0.2) is 4.79 Å². The number of urea groups is 1. The maximum absolute atomic E-state index is 12.1. The zero-order chi connectivity index (χ0) is 17.5. The molecule has 2 rings (SSSR count). The molecule has 6 heteroatoms. The van der Waals surface area contributed by atoms with Crippen LogP contribution in [0.4, 0.5) is 16.2 Å². The summed E-state index contributed by atoms with van der Waals surface area (Å²) in [6.07, 6.45) is 0.854. The molecule has 0 fully saturated rings. The first-order valence-electron chi connectivity index (χ1n) is 7.72. The molecule has 2 aromatic carbocycles. The van der Waals surface area contributed by atoms with Crippen molar-refractivity contribution in [2.75, 3.05) is 10.6 Å². The Morgan fingerprint density at radius 3 is 2.38 bits per heavy atom. The first-order valence-corrected chi connectivity index (χ1v) is 8.10. The maximum atomic E-state index is 12.1. The van der Waals surface area contributed by atoms with Gasteiger partial charge in [0, 0.05) is 28.0 Å². The van der Waals surface area contributed by atoms with E-state index in [1.807, 2.05) is 13.8 Å². The quantitative estimate of drug-likeness (QED) is 0.746. The van der Waals surface area contributed by atoms with Crippen LogP contribution in [-0.2, 0) is 0 Å². The predicted octanol–water partition coefficient (Wildman–Crippen LogP) is 4.51. The van der Waals surface area contributed by atoms with E-state index in [-0.39, 0.29) is 11.9 Å². The highest BCUT2D eigenvalue weighted by atomic mass is 35.5. The number of rotatable bonds is 5. The van der Waals surface area contributed by atoms with Gasteiger partial charge in [0.1, 0.15) is 0 Å². The van der Waals surface area contributed by atoms with Gasteiger partial charge in [0.25, 0.3) is 5.91 Å². The third kappa shape index (κ3) is 5.28. The largest absolute Gasteiger partial charge is 0.350 e. The molecule has 2 aromatic rings. The number of amides is 3. The molecule has 0 aliphatic rings. The molecule has 0 unspecified atom stereocenters. The lowest BCUT2D eigenvalue weighted by atomic mass is 10.1. The highest BCUT2D eigenvalue weighted by Crippen LogP contribution is 2.15. The predicted molar refractivity (Wildman–Crippen MR) is 97.8 cm³/mol. The van der Waals surface area contributed by atoms with Crippen molar-refractivity contribution in [3.8, 4) is 0 Å². The number of benzene rings is 2. The van der Waals surface area contributed by atoms with Gasteiger partial charge in [0.2, 0.25) is 0 Å². The van der Waals surface area contributed by atoms with Gasteiger partial charge in [-0.05, 0) is 55.8 Å². The van der Waals surface area contributed by atoms with Gasteiger partial charge >= 0.3 is 6.03 Å². The van der Waals surface area contributed by atoms with Crippen LogP contribution >= 0.6 is 11.6 Å². The Morgan fingerprint density at radius 1 is 1.04 bits per heavy atom. The molecule has 3 amide bonds. The summed E-state index contributed by atoms with van der Waals surface area (Å²) in [5.74, 6) is -0.161. The molecule has 0 aliphatic carbocycles. The second-order valence-corrected chi connectivity index (χ2v) is 5.89. The SMILES string of the molecule is CC[C@@H](C)NC(=O)c1cccc(NC(=O)Nc2ccc(Cl)cc2)c1. The number of hydrogen-bond donors (Lipinski definition) is 3. The molecule has 5 nitrogen and oxygen atoms in total. The summed E-state index contributed by atoms with van der Waals surface area (Å²) in [6, 6.07) is 13.3. The van der Waals surface area contributed by atoms with Crippen molar-refractivity contribution in [1.29, 1.82) is 0 Å². The molecule has 0 heterocycles. The molecular formula is C18H20ClN3O2. The number of hydrogen-bond acceptors (Lipinski definition) is 2. The minimum atomic E-state index is -0.392. The Hall–Kier alpha value is -2.53. The van der Waals surface area contributed by atoms with Crippen molar-refractivity contribution in [3.05, 3.63) is 59.1 Å². The molecule has 0 aromatic heterocycles. The van der Waals surface area contributed by atoms with Crippen LogP contribution in [0.1, 0.15) is 30.6 Å². The van der Waals surface area contributed by atoms with Crippen LogP contribution in [0.15, 0.2) is 48.5 Å². The molecular weight excluding hydrogens is 326 g/mol. The first kappa shape index (κ1) is 17.8. The van der Waals surface area contributed by atoms with Gasteiger partial charge in [-0.2, -0.15) is 0 Å². The van der Waals surface area contributed by atoms with Gasteiger partial charge in [0.15, 0.2) is 0 Å². The molecule has 0 aliphatic heterocycles. The molecule has 126 valence electrons. The third-order valence-corrected chi connectivity index (χ3v) is 3.73. The third-order valence-electron chi connectivity index (χ3n) is 3.47. The van der Waals surface area contributed by atoms with Crippen LogP contribution in [0, 0.1) is 0 Å². The summed E-state index contributed by atoms with van der Waals surface area (Å²) in [6.45, 7) is 3.95. The number of halogens is 1. The van der Waals surface area contributed by atoms with E-state index in [2.05, 4.69) is 16.0 Å². The lowest BCUT2D eigenvalue weighted by molar-refractivity contribution is 0.0939. The van der Waals surface area contributed by atoms with Crippen molar-refractivity contribution in [2.24, 2.45) is 0 Å².